The fourth-order valence-electron chi connectivity index (χ4n) is 1.82. The predicted octanol–water partition coefficient (Wildman–Crippen LogP) is 2.25. The molecule has 1 aromatic carbocycles. The Balaban J connectivity index is 3.40. The van der Waals surface area contributed by atoms with Crippen LogP contribution in [0.1, 0.15) is 11.1 Å². The summed E-state index contributed by atoms with van der Waals surface area (Å²) in [5.74, 6) is 0. The van der Waals surface area contributed by atoms with Crippen LogP contribution in [0.2, 0.25) is 0 Å². The van der Waals surface area contributed by atoms with Gasteiger partial charge in [0.15, 0.2) is 0 Å². The highest BCUT2D eigenvalue weighted by Gasteiger charge is 2.25. The number of nitrogens with zero attached hydrogens (tertiary/aromatic N) is 1. The lowest BCUT2D eigenvalue weighted by atomic mass is 10.1. The second kappa shape index (κ2) is 6.04. The van der Waals surface area contributed by atoms with E-state index in [4.69, 9.17) is 5.73 Å². The standard InChI is InChI=1S/C14H20N2O2S/c1-5-7-16(8-6-2)19(17,18)14-10-11(3)9-13(15)12(14)4/h5-6,9-10H,1-2,7-8,15H2,3-4H3. The van der Waals surface area contributed by atoms with E-state index in [0.717, 1.165) is 5.56 Å². The van der Waals surface area contributed by atoms with Crippen molar-refractivity contribution < 1.29 is 8.42 Å². The van der Waals surface area contributed by atoms with E-state index < -0.39 is 10.0 Å². The number of rotatable bonds is 6. The van der Waals surface area contributed by atoms with Gasteiger partial charge in [0, 0.05) is 18.8 Å². The fraction of sp³-hybridized carbons (Fsp3) is 0.286. The average molecular weight is 280 g/mol. The average Bonchev–Trinajstić information content (AvgIpc) is 2.33. The van der Waals surface area contributed by atoms with Gasteiger partial charge in [-0.15, -0.1) is 13.2 Å². The molecule has 104 valence electrons. The summed E-state index contributed by atoms with van der Waals surface area (Å²) in [4.78, 5) is 0.244. The highest BCUT2D eigenvalue weighted by molar-refractivity contribution is 7.89. The number of sulfonamides is 1. The van der Waals surface area contributed by atoms with Crippen molar-refractivity contribution in [3.63, 3.8) is 0 Å². The molecule has 4 nitrogen and oxygen atoms in total. The zero-order valence-electron chi connectivity index (χ0n) is 11.4. The lowest BCUT2D eigenvalue weighted by Crippen LogP contribution is -2.32. The first-order chi connectivity index (χ1) is 8.84. The maximum atomic E-state index is 12.6. The molecule has 0 radical (unpaired) electrons. The van der Waals surface area contributed by atoms with Crippen LogP contribution in [0.3, 0.4) is 0 Å². The molecule has 0 unspecified atom stereocenters. The van der Waals surface area contributed by atoms with Crippen LogP contribution in [0.4, 0.5) is 5.69 Å². The van der Waals surface area contributed by atoms with E-state index in [2.05, 4.69) is 13.2 Å². The van der Waals surface area contributed by atoms with Crippen LogP contribution in [0.25, 0.3) is 0 Å². The van der Waals surface area contributed by atoms with Crippen LogP contribution in [0.5, 0.6) is 0 Å². The van der Waals surface area contributed by atoms with Gasteiger partial charge in [0.25, 0.3) is 0 Å². The number of hydrogen-bond donors (Lipinski definition) is 1. The Kier molecular flexibility index (Phi) is 4.91. The molecule has 0 aliphatic carbocycles. The molecule has 0 heterocycles. The van der Waals surface area contributed by atoms with Gasteiger partial charge in [-0.25, -0.2) is 8.42 Å². The van der Waals surface area contributed by atoms with Gasteiger partial charge in [-0.1, -0.05) is 12.2 Å². The smallest absolute Gasteiger partial charge is 0.243 e. The summed E-state index contributed by atoms with van der Waals surface area (Å²) in [5.41, 5.74) is 7.72. The van der Waals surface area contributed by atoms with E-state index >= 15 is 0 Å². The monoisotopic (exact) mass is 280 g/mol. The molecule has 1 aromatic rings. The van der Waals surface area contributed by atoms with Gasteiger partial charge in [-0.2, -0.15) is 4.31 Å². The Labute approximate surface area is 115 Å². The van der Waals surface area contributed by atoms with Crippen LogP contribution in [-0.2, 0) is 10.0 Å². The number of nitrogens with two attached hydrogens (primary N) is 1. The molecule has 0 saturated carbocycles. The van der Waals surface area contributed by atoms with Crippen LogP contribution in [-0.4, -0.2) is 25.8 Å². The summed E-state index contributed by atoms with van der Waals surface area (Å²) in [5, 5.41) is 0. The zero-order chi connectivity index (χ0) is 14.6. The Morgan fingerprint density at radius 3 is 2.21 bits per heavy atom. The molecule has 0 fully saturated rings. The third-order valence-corrected chi connectivity index (χ3v) is 4.79. The molecule has 0 bridgehead atoms. The lowest BCUT2D eigenvalue weighted by Gasteiger charge is -2.21. The first-order valence-corrected chi connectivity index (χ1v) is 7.37. The van der Waals surface area contributed by atoms with E-state index in [9.17, 15) is 8.42 Å². The number of nitrogen functional groups attached to an aromatic ring is 1. The van der Waals surface area contributed by atoms with Crippen molar-refractivity contribution in [1.29, 1.82) is 0 Å². The second-order valence-corrected chi connectivity index (χ2v) is 6.28. The van der Waals surface area contributed by atoms with Crippen molar-refractivity contribution in [2.24, 2.45) is 0 Å². The van der Waals surface area contributed by atoms with Gasteiger partial charge in [0.05, 0.1) is 4.90 Å². The summed E-state index contributed by atoms with van der Waals surface area (Å²) >= 11 is 0. The summed E-state index contributed by atoms with van der Waals surface area (Å²) in [7, 11) is -3.59. The third-order valence-electron chi connectivity index (χ3n) is 2.83. The Bertz CT molecular complexity index is 582. The van der Waals surface area contributed by atoms with Gasteiger partial charge >= 0.3 is 0 Å². The molecule has 2 N–H and O–H groups in total. The number of aryl methyl sites for hydroxylation is 1. The number of benzene rings is 1. The van der Waals surface area contributed by atoms with Gasteiger partial charge in [0.2, 0.25) is 10.0 Å². The number of anilines is 1. The van der Waals surface area contributed by atoms with Gasteiger partial charge in [0.1, 0.15) is 0 Å². The van der Waals surface area contributed by atoms with Crippen molar-refractivity contribution in [2.75, 3.05) is 18.8 Å². The fourth-order valence-corrected chi connectivity index (χ4v) is 3.54. The maximum Gasteiger partial charge on any atom is 0.243 e. The second-order valence-electron chi connectivity index (χ2n) is 4.38. The summed E-state index contributed by atoms with van der Waals surface area (Å²) in [6.45, 7) is 11.2. The molecule has 19 heavy (non-hydrogen) atoms. The van der Waals surface area contributed by atoms with E-state index in [1.54, 1.807) is 31.2 Å². The summed E-state index contributed by atoms with van der Waals surface area (Å²) in [6.07, 6.45) is 3.10. The quantitative estimate of drug-likeness (QED) is 0.642. The third kappa shape index (κ3) is 3.24. The Morgan fingerprint density at radius 2 is 1.74 bits per heavy atom. The Morgan fingerprint density at radius 1 is 1.21 bits per heavy atom. The predicted molar refractivity (Wildman–Crippen MR) is 79.5 cm³/mol. The molecule has 0 spiro atoms. The van der Waals surface area contributed by atoms with Crippen molar-refractivity contribution in [3.8, 4) is 0 Å². The first-order valence-electron chi connectivity index (χ1n) is 5.93. The minimum Gasteiger partial charge on any atom is -0.398 e. The molecule has 0 atom stereocenters. The molecule has 0 amide bonds. The molecular weight excluding hydrogens is 260 g/mol. The zero-order valence-corrected chi connectivity index (χ0v) is 12.2. The molecule has 0 saturated heterocycles. The molecule has 0 aliphatic heterocycles. The largest absolute Gasteiger partial charge is 0.398 e. The van der Waals surface area contributed by atoms with Crippen molar-refractivity contribution in [1.82, 2.24) is 4.31 Å². The van der Waals surface area contributed by atoms with E-state index in [1.807, 2.05) is 6.92 Å². The van der Waals surface area contributed by atoms with E-state index in [1.165, 1.54) is 4.31 Å². The molecular formula is C14H20N2O2S. The van der Waals surface area contributed by atoms with Crippen molar-refractivity contribution >= 4 is 15.7 Å². The lowest BCUT2D eigenvalue weighted by molar-refractivity contribution is 0.473. The molecule has 5 heteroatoms. The van der Waals surface area contributed by atoms with Crippen LogP contribution < -0.4 is 5.73 Å². The van der Waals surface area contributed by atoms with Crippen LogP contribution in [0, 0.1) is 13.8 Å². The van der Waals surface area contributed by atoms with Gasteiger partial charge in [-0.3, -0.25) is 0 Å². The molecule has 0 aliphatic rings. The van der Waals surface area contributed by atoms with Crippen molar-refractivity contribution in [3.05, 3.63) is 48.6 Å². The van der Waals surface area contributed by atoms with E-state index in [-0.39, 0.29) is 18.0 Å². The van der Waals surface area contributed by atoms with Gasteiger partial charge < -0.3 is 5.73 Å². The summed E-state index contributed by atoms with van der Waals surface area (Å²) in [6, 6.07) is 3.40. The minimum absolute atomic E-state index is 0.238. The first kappa shape index (κ1) is 15.5. The minimum atomic E-state index is -3.59. The van der Waals surface area contributed by atoms with Crippen LogP contribution >= 0.6 is 0 Å². The molecule has 1 rings (SSSR count). The highest BCUT2D eigenvalue weighted by atomic mass is 32.2. The van der Waals surface area contributed by atoms with E-state index in [0.29, 0.717) is 11.3 Å². The SMILES string of the molecule is C=CCN(CC=C)S(=O)(=O)c1cc(C)cc(N)c1C. The normalized spacial score (nSPS) is 11.5. The number of hydrogen-bond acceptors (Lipinski definition) is 3. The highest BCUT2D eigenvalue weighted by Crippen LogP contribution is 2.25. The summed E-state index contributed by atoms with van der Waals surface area (Å²) < 4.78 is 26.5. The van der Waals surface area contributed by atoms with Crippen LogP contribution in [0.15, 0.2) is 42.3 Å². The topological polar surface area (TPSA) is 63.4 Å². The van der Waals surface area contributed by atoms with Crippen molar-refractivity contribution in [2.45, 2.75) is 18.7 Å². The Hall–Kier alpha value is -1.59. The molecule has 0 aromatic heterocycles. The van der Waals surface area contributed by atoms with Gasteiger partial charge in [-0.05, 0) is 37.1 Å². The maximum absolute atomic E-state index is 12.6.